The van der Waals surface area contributed by atoms with Crippen LogP contribution in [-0.4, -0.2) is 95.6 Å². The van der Waals surface area contributed by atoms with Crippen molar-refractivity contribution in [3.8, 4) is 0 Å². The number of amides is 10. The maximum Gasteiger partial charge on any atom is 0.322 e. The van der Waals surface area contributed by atoms with Crippen LogP contribution in [-0.2, 0) is 51.2 Å². The first-order valence-electron chi connectivity index (χ1n) is 20.0. The molecule has 326 valence electrons. The molecule has 0 saturated carbocycles. The van der Waals surface area contributed by atoms with Crippen LogP contribution in [0, 0.1) is 17.8 Å². The number of nitrogens with two attached hydrogens (primary N) is 1. The van der Waals surface area contributed by atoms with Crippen molar-refractivity contribution in [2.75, 3.05) is 0 Å². The Morgan fingerprint density at radius 2 is 1.02 bits per heavy atom. The molecule has 7 atom stereocenters. The van der Waals surface area contributed by atoms with Crippen molar-refractivity contribution in [1.29, 1.82) is 0 Å². The standard InChI is InChI=1S/C42H59N9O9/c1-22(2)18-28(45-32(52)21-31-39(57)51-42(60)48-31)38(56)49-34(24(5)6)41(59)50-33(23(3)4)40(58)47-30(20-27-16-12-9-13-17-27)37(55)46-29(19-26-14-10-8-11-15-26)36(54)44-25(7)35(43)53/h8-17,22-25,28-31,33-34H,18-21H2,1-7H3,(H2,43,53)(H,44,54)(H,45,52)(H,46,55)(H,47,58)(H,49,56)(H,50,59)(H2,48,51,57,60)/t25-,28-,29-,30-,31?,33-,34-/m1/s1. The number of benzene rings is 2. The van der Waals surface area contributed by atoms with Crippen LogP contribution in [0.1, 0.15) is 72.4 Å². The molecule has 1 aliphatic rings. The Labute approximate surface area is 350 Å². The maximum atomic E-state index is 14.1. The summed E-state index contributed by atoms with van der Waals surface area (Å²) < 4.78 is 0. The number of hydrogen-bond donors (Lipinski definition) is 9. The lowest BCUT2D eigenvalue weighted by Gasteiger charge is -2.30. The van der Waals surface area contributed by atoms with Gasteiger partial charge in [0.1, 0.15) is 42.3 Å². The highest BCUT2D eigenvalue weighted by atomic mass is 16.2. The van der Waals surface area contributed by atoms with Gasteiger partial charge in [0.25, 0.3) is 5.91 Å². The van der Waals surface area contributed by atoms with Gasteiger partial charge in [-0.15, -0.1) is 0 Å². The zero-order valence-corrected chi connectivity index (χ0v) is 35.1. The molecule has 10 N–H and O–H groups in total. The Morgan fingerprint density at radius 3 is 1.45 bits per heavy atom. The fourth-order valence-corrected chi connectivity index (χ4v) is 6.35. The highest BCUT2D eigenvalue weighted by Crippen LogP contribution is 2.13. The second kappa shape index (κ2) is 22.7. The first-order chi connectivity index (χ1) is 28.2. The van der Waals surface area contributed by atoms with Gasteiger partial charge in [-0.05, 0) is 42.2 Å². The molecule has 60 heavy (non-hydrogen) atoms. The number of hydrogen-bond acceptors (Lipinski definition) is 9. The fourth-order valence-electron chi connectivity index (χ4n) is 6.35. The lowest BCUT2D eigenvalue weighted by molar-refractivity contribution is -0.136. The molecule has 0 bridgehead atoms. The van der Waals surface area contributed by atoms with E-state index in [1.165, 1.54) is 6.92 Å². The number of carbonyl (C=O) groups is 9. The van der Waals surface area contributed by atoms with E-state index in [2.05, 4.69) is 37.2 Å². The second-order valence-electron chi connectivity index (χ2n) is 16.1. The van der Waals surface area contributed by atoms with E-state index in [0.717, 1.165) is 0 Å². The predicted molar refractivity (Wildman–Crippen MR) is 221 cm³/mol. The van der Waals surface area contributed by atoms with Crippen molar-refractivity contribution in [2.45, 2.75) is 116 Å². The van der Waals surface area contributed by atoms with Crippen LogP contribution in [0.3, 0.4) is 0 Å². The Balaban J connectivity index is 1.81. The van der Waals surface area contributed by atoms with Gasteiger partial charge in [0.05, 0.1) is 6.42 Å². The number of rotatable bonds is 22. The van der Waals surface area contributed by atoms with Crippen molar-refractivity contribution in [1.82, 2.24) is 42.5 Å². The molecule has 10 amide bonds. The molecule has 3 rings (SSSR count). The van der Waals surface area contributed by atoms with E-state index in [1.807, 2.05) is 19.2 Å². The van der Waals surface area contributed by atoms with E-state index in [9.17, 15) is 43.2 Å². The fraction of sp³-hybridized carbons (Fsp3) is 0.500. The summed E-state index contributed by atoms with van der Waals surface area (Å²) >= 11 is 0. The number of urea groups is 1. The molecular formula is C42H59N9O9. The van der Waals surface area contributed by atoms with E-state index in [0.29, 0.717) is 11.1 Å². The van der Waals surface area contributed by atoms with Crippen molar-refractivity contribution in [3.05, 3.63) is 71.8 Å². The van der Waals surface area contributed by atoms with Gasteiger partial charge in [-0.2, -0.15) is 0 Å². The summed E-state index contributed by atoms with van der Waals surface area (Å²) in [6.45, 7) is 11.9. The lowest BCUT2D eigenvalue weighted by Crippen LogP contribution is -2.61. The topological polar surface area (TPSA) is 276 Å². The Bertz CT molecular complexity index is 1860. The minimum atomic E-state index is -1.23. The lowest BCUT2D eigenvalue weighted by atomic mass is 9.97. The Kier molecular flexibility index (Phi) is 18.2. The second-order valence-corrected chi connectivity index (χ2v) is 16.1. The number of nitrogens with one attached hydrogen (secondary N) is 8. The highest BCUT2D eigenvalue weighted by molar-refractivity contribution is 6.06. The SMILES string of the molecule is CC(C)C[C@@H](NC(=O)CC1NC(=O)NC1=O)C(=O)N[C@@H](C(=O)N[C@@H](C(=O)N[C@H](Cc1ccccc1)C(=O)N[C@H](Cc1ccccc1)C(=O)N[C@H](C)C(N)=O)C(C)C)C(C)C. The van der Waals surface area contributed by atoms with Gasteiger partial charge in [-0.1, -0.05) is 102 Å². The van der Waals surface area contributed by atoms with Gasteiger partial charge >= 0.3 is 6.03 Å². The molecule has 1 aliphatic heterocycles. The average molecular weight is 834 g/mol. The maximum absolute atomic E-state index is 14.1. The normalized spacial score (nSPS) is 16.6. The van der Waals surface area contributed by atoms with Crippen LogP contribution < -0.4 is 48.3 Å². The Hall–Kier alpha value is -6.33. The van der Waals surface area contributed by atoms with Crippen molar-refractivity contribution >= 4 is 53.3 Å². The Morgan fingerprint density at radius 1 is 0.583 bits per heavy atom. The van der Waals surface area contributed by atoms with Crippen LogP contribution in [0.5, 0.6) is 0 Å². The zero-order valence-electron chi connectivity index (χ0n) is 35.1. The monoisotopic (exact) mass is 833 g/mol. The number of primary amides is 1. The number of imide groups is 1. The third-order valence-corrected chi connectivity index (χ3v) is 9.72. The summed E-state index contributed by atoms with van der Waals surface area (Å²) in [5.74, 6) is -6.61. The largest absolute Gasteiger partial charge is 0.368 e. The van der Waals surface area contributed by atoms with Gasteiger partial charge in [0.15, 0.2) is 0 Å². The van der Waals surface area contributed by atoms with Crippen LogP contribution in [0.2, 0.25) is 0 Å². The van der Waals surface area contributed by atoms with Crippen LogP contribution in [0.4, 0.5) is 4.79 Å². The quantitative estimate of drug-likeness (QED) is 0.0713. The molecule has 18 heteroatoms. The predicted octanol–water partition coefficient (Wildman–Crippen LogP) is -0.158. The van der Waals surface area contributed by atoms with E-state index in [-0.39, 0.29) is 25.2 Å². The summed E-state index contributed by atoms with van der Waals surface area (Å²) in [5.41, 5.74) is 6.78. The summed E-state index contributed by atoms with van der Waals surface area (Å²) in [5, 5.41) is 20.5. The van der Waals surface area contributed by atoms with Gasteiger partial charge < -0.3 is 43.0 Å². The molecule has 1 saturated heterocycles. The summed E-state index contributed by atoms with van der Waals surface area (Å²) in [6, 6.07) is 9.05. The minimum Gasteiger partial charge on any atom is -0.368 e. The molecule has 0 aromatic heterocycles. The van der Waals surface area contributed by atoms with E-state index >= 15 is 0 Å². The molecule has 2 aromatic carbocycles. The first kappa shape index (κ1) is 48.0. The average Bonchev–Trinajstić information content (AvgIpc) is 3.49. The molecule has 0 spiro atoms. The third kappa shape index (κ3) is 15.1. The molecule has 0 radical (unpaired) electrons. The number of carbonyl (C=O) groups excluding carboxylic acids is 9. The van der Waals surface area contributed by atoms with Gasteiger partial charge in [-0.3, -0.25) is 43.7 Å². The van der Waals surface area contributed by atoms with Crippen LogP contribution in [0.15, 0.2) is 60.7 Å². The van der Waals surface area contributed by atoms with Crippen molar-refractivity contribution in [3.63, 3.8) is 0 Å². The molecule has 1 heterocycles. The van der Waals surface area contributed by atoms with Crippen molar-refractivity contribution in [2.24, 2.45) is 23.5 Å². The summed E-state index contributed by atoms with van der Waals surface area (Å²) in [4.78, 5) is 117. The van der Waals surface area contributed by atoms with Gasteiger partial charge in [0.2, 0.25) is 41.4 Å². The molecule has 1 fully saturated rings. The summed E-state index contributed by atoms with van der Waals surface area (Å²) in [7, 11) is 0. The molecular weight excluding hydrogens is 775 g/mol. The molecule has 18 nitrogen and oxygen atoms in total. The smallest absolute Gasteiger partial charge is 0.322 e. The van der Waals surface area contributed by atoms with Crippen LogP contribution >= 0.6 is 0 Å². The molecule has 1 unspecified atom stereocenters. The van der Waals surface area contributed by atoms with Gasteiger partial charge in [0, 0.05) is 12.8 Å². The van der Waals surface area contributed by atoms with E-state index in [1.54, 1.807) is 88.4 Å². The molecule has 2 aromatic rings. The van der Waals surface area contributed by atoms with E-state index in [4.69, 9.17) is 5.73 Å². The highest BCUT2D eigenvalue weighted by Gasteiger charge is 2.36. The first-order valence-corrected chi connectivity index (χ1v) is 20.0. The third-order valence-electron chi connectivity index (χ3n) is 9.72. The molecule has 0 aliphatic carbocycles. The van der Waals surface area contributed by atoms with Crippen LogP contribution in [0.25, 0.3) is 0 Å². The van der Waals surface area contributed by atoms with Gasteiger partial charge in [-0.25, -0.2) is 4.79 Å². The minimum absolute atomic E-state index is 0.0139. The summed E-state index contributed by atoms with van der Waals surface area (Å²) in [6.07, 6.45) is -0.148. The van der Waals surface area contributed by atoms with Crippen molar-refractivity contribution < 1.29 is 43.2 Å². The van der Waals surface area contributed by atoms with E-state index < -0.39 is 114 Å². The zero-order chi connectivity index (χ0) is 44.7.